The zero-order valence-electron chi connectivity index (χ0n) is 15.2. The molecule has 146 valence electrons. The van der Waals surface area contributed by atoms with Crippen LogP contribution in [-0.2, 0) is 12.6 Å². The number of hydrogen-bond donors (Lipinski definition) is 0. The summed E-state index contributed by atoms with van der Waals surface area (Å²) in [4.78, 5) is 4.58. The molecular weight excluding hydrogens is 397 g/mol. The highest BCUT2D eigenvalue weighted by atomic mass is 35.5. The molecule has 0 saturated carbocycles. The molecule has 3 aromatic rings. The van der Waals surface area contributed by atoms with E-state index in [2.05, 4.69) is 4.99 Å². The smallest absolute Gasteiger partial charge is 0.265 e. The number of benzene rings is 3. The molecule has 0 aromatic heterocycles. The third-order valence-corrected chi connectivity index (χ3v) is 4.61. The Morgan fingerprint density at radius 2 is 1.66 bits per heavy atom. The maximum absolute atomic E-state index is 12.8. The molecule has 0 N–H and O–H groups in total. The van der Waals surface area contributed by atoms with Crippen LogP contribution >= 0.6 is 11.6 Å². The van der Waals surface area contributed by atoms with Crippen LogP contribution in [-0.4, -0.2) is 5.71 Å². The van der Waals surface area contributed by atoms with Crippen molar-refractivity contribution in [2.45, 2.75) is 18.6 Å². The van der Waals surface area contributed by atoms with Crippen LogP contribution in [0.4, 0.5) is 13.2 Å². The Kier molecular flexibility index (Phi) is 6.36. The number of halogens is 4. The van der Waals surface area contributed by atoms with Crippen LogP contribution < -0.4 is 0 Å². The summed E-state index contributed by atoms with van der Waals surface area (Å²) in [5.41, 5.74) is 1.49. The van der Waals surface area contributed by atoms with E-state index in [0.717, 1.165) is 23.3 Å². The van der Waals surface area contributed by atoms with Crippen molar-refractivity contribution in [2.75, 3.05) is 0 Å². The molecule has 0 fully saturated rings. The van der Waals surface area contributed by atoms with Crippen LogP contribution in [0.5, 0.6) is 0 Å². The lowest BCUT2D eigenvalue weighted by Gasteiger charge is -2.15. The first-order valence-electron chi connectivity index (χ1n) is 8.82. The Labute approximate surface area is 171 Å². The monoisotopic (exact) mass is 412 g/mol. The molecule has 3 aromatic carbocycles. The number of alkyl halides is 3. The van der Waals surface area contributed by atoms with Crippen LogP contribution in [0.3, 0.4) is 0 Å². The molecule has 0 radical (unpaired) electrons. The summed E-state index contributed by atoms with van der Waals surface area (Å²) in [6, 6.07) is 22.9. The Morgan fingerprint density at radius 3 is 2.24 bits per heavy atom. The van der Waals surface area contributed by atoms with Crippen molar-refractivity contribution >= 4 is 17.3 Å². The molecule has 1 atom stereocenters. The van der Waals surface area contributed by atoms with E-state index in [1.807, 2.05) is 54.6 Å². The van der Waals surface area contributed by atoms with Crippen molar-refractivity contribution in [3.05, 3.63) is 106 Å². The number of hydrogen-bond acceptors (Lipinski definition) is 2. The maximum atomic E-state index is 12.8. The van der Waals surface area contributed by atoms with E-state index in [1.54, 1.807) is 6.07 Å². The van der Waals surface area contributed by atoms with Gasteiger partial charge in [-0.05, 0) is 41.8 Å². The van der Waals surface area contributed by atoms with Gasteiger partial charge in [0.15, 0.2) is 0 Å². The van der Waals surface area contributed by atoms with Gasteiger partial charge in [0.2, 0.25) is 0 Å². The molecule has 0 saturated heterocycles. The largest absolute Gasteiger partial charge is 0.416 e. The van der Waals surface area contributed by atoms with Crippen molar-refractivity contribution in [3.63, 3.8) is 0 Å². The van der Waals surface area contributed by atoms with Crippen molar-refractivity contribution in [1.29, 1.82) is 5.26 Å². The van der Waals surface area contributed by atoms with Crippen LogP contribution in [0.15, 0.2) is 83.9 Å². The van der Waals surface area contributed by atoms with E-state index in [-0.39, 0.29) is 11.8 Å². The Bertz CT molecular complexity index is 1040. The Hall–Kier alpha value is -3.10. The fraction of sp³-hybridized carbons (Fsp3) is 0.130. The van der Waals surface area contributed by atoms with Crippen molar-refractivity contribution in [2.24, 2.45) is 4.99 Å². The van der Waals surface area contributed by atoms with E-state index in [4.69, 9.17) is 11.6 Å². The quantitative estimate of drug-likeness (QED) is 0.432. The highest BCUT2D eigenvalue weighted by Gasteiger charge is 2.30. The average molecular weight is 413 g/mol. The molecule has 0 aliphatic heterocycles. The lowest BCUT2D eigenvalue weighted by atomic mass is 9.98. The zero-order chi connectivity index (χ0) is 20.9. The number of nitrogens with zero attached hydrogens (tertiary/aromatic N) is 2. The van der Waals surface area contributed by atoms with Gasteiger partial charge in [0.1, 0.15) is 11.8 Å². The molecule has 0 unspecified atom stereocenters. The standard InChI is InChI=1S/C23H16ClF3N2/c24-20-8-4-5-16(13-20)14-21(17-6-2-1-3-7-17)29-22(15-28)18-9-11-19(12-10-18)23(25,26)27/h1-13,21H,14H2/t21-/m1/s1. The Morgan fingerprint density at radius 1 is 0.966 bits per heavy atom. The molecule has 0 aliphatic carbocycles. The number of aliphatic imine (C=N–C) groups is 1. The summed E-state index contributed by atoms with van der Waals surface area (Å²) in [5, 5.41) is 10.2. The van der Waals surface area contributed by atoms with E-state index in [1.165, 1.54) is 12.1 Å². The number of rotatable bonds is 5. The minimum atomic E-state index is -4.43. The van der Waals surface area contributed by atoms with E-state index in [9.17, 15) is 18.4 Å². The van der Waals surface area contributed by atoms with Crippen LogP contribution in [0.25, 0.3) is 0 Å². The molecule has 0 amide bonds. The second-order valence-electron chi connectivity index (χ2n) is 6.43. The van der Waals surface area contributed by atoms with Gasteiger partial charge in [0.25, 0.3) is 0 Å². The van der Waals surface area contributed by atoms with Crippen LogP contribution in [0, 0.1) is 11.3 Å². The van der Waals surface area contributed by atoms with Crippen LogP contribution in [0.1, 0.15) is 28.3 Å². The SMILES string of the molecule is N#CC(=N[C@H](Cc1cccc(Cl)c1)c1ccccc1)c1ccc(C(F)(F)F)cc1. The average Bonchev–Trinajstić information content (AvgIpc) is 2.71. The molecular formula is C23H16ClF3N2. The summed E-state index contributed by atoms with van der Waals surface area (Å²) in [5.74, 6) is 0. The minimum Gasteiger partial charge on any atom is -0.265 e. The van der Waals surface area contributed by atoms with Gasteiger partial charge >= 0.3 is 6.18 Å². The van der Waals surface area contributed by atoms with Gasteiger partial charge < -0.3 is 0 Å². The van der Waals surface area contributed by atoms with E-state index < -0.39 is 11.7 Å². The van der Waals surface area contributed by atoms with Crippen molar-refractivity contribution < 1.29 is 13.2 Å². The third kappa shape index (κ3) is 5.46. The van der Waals surface area contributed by atoms with Gasteiger partial charge in [0, 0.05) is 10.6 Å². The highest BCUT2D eigenvalue weighted by molar-refractivity contribution is 6.30. The van der Waals surface area contributed by atoms with Crippen LogP contribution in [0.2, 0.25) is 5.02 Å². The fourth-order valence-corrected chi connectivity index (χ4v) is 3.15. The third-order valence-electron chi connectivity index (χ3n) is 4.38. The lowest BCUT2D eigenvalue weighted by molar-refractivity contribution is -0.137. The first kappa shape index (κ1) is 20.6. The molecule has 6 heteroatoms. The van der Waals surface area contributed by atoms with Gasteiger partial charge in [-0.1, -0.05) is 66.2 Å². The fourth-order valence-electron chi connectivity index (χ4n) is 2.94. The summed E-state index contributed by atoms with van der Waals surface area (Å²) in [6.07, 6.45) is -3.93. The first-order chi connectivity index (χ1) is 13.9. The van der Waals surface area contributed by atoms with Gasteiger partial charge in [-0.25, -0.2) is 0 Å². The topological polar surface area (TPSA) is 36.1 Å². The second kappa shape index (κ2) is 8.93. The molecule has 0 aliphatic rings. The highest BCUT2D eigenvalue weighted by Crippen LogP contribution is 2.30. The maximum Gasteiger partial charge on any atom is 0.416 e. The molecule has 3 rings (SSSR count). The predicted molar refractivity (Wildman–Crippen MR) is 108 cm³/mol. The summed E-state index contributed by atoms with van der Waals surface area (Å²) in [6.45, 7) is 0. The minimum absolute atomic E-state index is 0.0783. The van der Waals surface area contributed by atoms with Gasteiger partial charge in [-0.2, -0.15) is 18.4 Å². The van der Waals surface area contributed by atoms with E-state index >= 15 is 0 Å². The number of nitriles is 1. The van der Waals surface area contributed by atoms with Crippen molar-refractivity contribution in [1.82, 2.24) is 0 Å². The normalized spacial score (nSPS) is 13.0. The van der Waals surface area contributed by atoms with Gasteiger partial charge in [0.05, 0.1) is 11.6 Å². The molecule has 29 heavy (non-hydrogen) atoms. The second-order valence-corrected chi connectivity index (χ2v) is 6.86. The summed E-state index contributed by atoms with van der Waals surface area (Å²) >= 11 is 6.07. The summed E-state index contributed by atoms with van der Waals surface area (Å²) in [7, 11) is 0. The van der Waals surface area contributed by atoms with Gasteiger partial charge in [-0.15, -0.1) is 0 Å². The predicted octanol–water partition coefficient (Wildman–Crippen LogP) is 6.66. The summed E-state index contributed by atoms with van der Waals surface area (Å²) < 4.78 is 38.4. The van der Waals surface area contributed by atoms with Gasteiger partial charge in [-0.3, -0.25) is 4.99 Å². The molecule has 0 heterocycles. The molecule has 2 nitrogen and oxygen atoms in total. The molecule has 0 bridgehead atoms. The Balaban J connectivity index is 1.97. The van der Waals surface area contributed by atoms with E-state index in [0.29, 0.717) is 17.0 Å². The molecule has 0 spiro atoms. The zero-order valence-corrected chi connectivity index (χ0v) is 16.0. The lowest BCUT2D eigenvalue weighted by Crippen LogP contribution is -2.08. The van der Waals surface area contributed by atoms with Crippen molar-refractivity contribution in [3.8, 4) is 6.07 Å². The first-order valence-corrected chi connectivity index (χ1v) is 9.19.